The van der Waals surface area contributed by atoms with Gasteiger partial charge in [-0.05, 0) is 11.5 Å². The van der Waals surface area contributed by atoms with Crippen molar-refractivity contribution in [2.75, 3.05) is 0 Å². The zero-order valence-corrected chi connectivity index (χ0v) is 8.56. The standard InChI is InChI=1S/C10H9O4P/c11-9-6-5-7-3-1-2-4-8(7)10(9)15(12,13)14/h1-6,11H,(H2,12,13,14). The fraction of sp³-hybridized carbons (Fsp3) is 0. The van der Waals surface area contributed by atoms with E-state index < -0.39 is 7.60 Å². The zero-order chi connectivity index (χ0) is 11.1. The van der Waals surface area contributed by atoms with Crippen LogP contribution in [0, 0.1) is 0 Å². The zero-order valence-electron chi connectivity index (χ0n) is 7.66. The number of phenolic OH excluding ortho intramolecular Hbond substituents is 1. The Morgan fingerprint density at radius 3 is 2.33 bits per heavy atom. The summed E-state index contributed by atoms with van der Waals surface area (Å²) < 4.78 is 11.2. The highest BCUT2D eigenvalue weighted by molar-refractivity contribution is 7.61. The van der Waals surface area contributed by atoms with Gasteiger partial charge in [-0.3, -0.25) is 4.57 Å². The molecule has 0 spiro atoms. The van der Waals surface area contributed by atoms with Crippen molar-refractivity contribution in [2.45, 2.75) is 0 Å². The van der Waals surface area contributed by atoms with Crippen LogP contribution in [0.5, 0.6) is 5.75 Å². The molecule has 2 aromatic rings. The third-order valence-electron chi connectivity index (χ3n) is 2.17. The third-order valence-corrected chi connectivity index (χ3v) is 3.22. The van der Waals surface area contributed by atoms with E-state index in [4.69, 9.17) is 9.79 Å². The molecule has 0 aliphatic carbocycles. The van der Waals surface area contributed by atoms with Gasteiger partial charge >= 0.3 is 7.60 Å². The Labute approximate surface area is 86.0 Å². The maximum absolute atomic E-state index is 11.2. The number of hydrogen-bond acceptors (Lipinski definition) is 2. The van der Waals surface area contributed by atoms with E-state index in [1.54, 1.807) is 30.3 Å². The Kier molecular flexibility index (Phi) is 2.27. The van der Waals surface area contributed by atoms with Crippen LogP contribution < -0.4 is 5.30 Å². The van der Waals surface area contributed by atoms with Gasteiger partial charge in [0.2, 0.25) is 0 Å². The second-order valence-electron chi connectivity index (χ2n) is 3.20. The van der Waals surface area contributed by atoms with Crippen LogP contribution in [0.1, 0.15) is 0 Å². The van der Waals surface area contributed by atoms with Crippen LogP contribution in [0.15, 0.2) is 36.4 Å². The summed E-state index contributed by atoms with van der Waals surface area (Å²) in [6, 6.07) is 9.64. The summed E-state index contributed by atoms with van der Waals surface area (Å²) in [6.45, 7) is 0. The summed E-state index contributed by atoms with van der Waals surface area (Å²) in [5, 5.41) is 10.2. The SMILES string of the molecule is O=P(O)(O)c1c(O)ccc2ccccc12. The summed E-state index contributed by atoms with van der Waals surface area (Å²) in [4.78, 5) is 18.2. The molecule has 2 rings (SSSR count). The van der Waals surface area contributed by atoms with Crippen molar-refractivity contribution in [3.8, 4) is 5.75 Å². The molecule has 3 N–H and O–H groups in total. The van der Waals surface area contributed by atoms with Crippen LogP contribution in [-0.2, 0) is 4.57 Å². The van der Waals surface area contributed by atoms with Crippen molar-refractivity contribution >= 4 is 23.7 Å². The van der Waals surface area contributed by atoms with Crippen LogP contribution in [0.4, 0.5) is 0 Å². The fourth-order valence-corrected chi connectivity index (χ4v) is 2.44. The van der Waals surface area contributed by atoms with Gasteiger partial charge in [0.25, 0.3) is 0 Å². The summed E-state index contributed by atoms with van der Waals surface area (Å²) in [5.41, 5.74) is 0. The molecule has 0 unspecified atom stereocenters. The van der Waals surface area contributed by atoms with Crippen molar-refractivity contribution in [2.24, 2.45) is 0 Å². The third kappa shape index (κ3) is 1.75. The van der Waals surface area contributed by atoms with E-state index in [0.29, 0.717) is 10.8 Å². The Balaban J connectivity index is 2.92. The van der Waals surface area contributed by atoms with Crippen LogP contribution in [0.2, 0.25) is 0 Å². The lowest BCUT2D eigenvalue weighted by Crippen LogP contribution is -2.06. The van der Waals surface area contributed by atoms with Crippen molar-refractivity contribution in [3.63, 3.8) is 0 Å². The maximum Gasteiger partial charge on any atom is 0.360 e. The van der Waals surface area contributed by atoms with Crippen LogP contribution in [0.25, 0.3) is 10.8 Å². The average Bonchev–Trinajstić information content (AvgIpc) is 2.15. The molecular formula is C10H9O4P. The molecule has 0 aliphatic rings. The molecule has 15 heavy (non-hydrogen) atoms. The Hall–Kier alpha value is -1.35. The van der Waals surface area contributed by atoms with E-state index in [0.717, 1.165) is 0 Å². The normalized spacial score (nSPS) is 11.9. The molecule has 78 valence electrons. The molecule has 5 heteroatoms. The lowest BCUT2D eigenvalue weighted by atomic mass is 10.1. The summed E-state index contributed by atoms with van der Waals surface area (Å²) in [5.74, 6) is -0.373. The Morgan fingerprint density at radius 1 is 1.00 bits per heavy atom. The molecule has 4 nitrogen and oxygen atoms in total. The van der Waals surface area contributed by atoms with Crippen molar-refractivity contribution in [1.29, 1.82) is 0 Å². The molecule has 0 atom stereocenters. The molecule has 0 radical (unpaired) electrons. The molecule has 0 aliphatic heterocycles. The maximum atomic E-state index is 11.2. The molecule has 0 bridgehead atoms. The highest BCUT2D eigenvalue weighted by atomic mass is 31.2. The first-order chi connectivity index (χ1) is 7.00. The fourth-order valence-electron chi connectivity index (χ4n) is 1.55. The lowest BCUT2D eigenvalue weighted by molar-refractivity contribution is 0.385. The van der Waals surface area contributed by atoms with Gasteiger partial charge in [-0.15, -0.1) is 0 Å². The van der Waals surface area contributed by atoms with Gasteiger partial charge in [-0.1, -0.05) is 30.3 Å². The highest BCUT2D eigenvalue weighted by Gasteiger charge is 2.24. The number of fused-ring (bicyclic) bond motifs is 1. The van der Waals surface area contributed by atoms with E-state index in [1.165, 1.54) is 6.07 Å². The molecule has 0 saturated heterocycles. The molecule has 2 aromatic carbocycles. The first kappa shape index (κ1) is 10.2. The summed E-state index contributed by atoms with van der Waals surface area (Å²) in [6.07, 6.45) is 0. The van der Waals surface area contributed by atoms with Crippen LogP contribution in [-0.4, -0.2) is 14.9 Å². The lowest BCUT2D eigenvalue weighted by Gasteiger charge is -2.09. The molecule has 0 heterocycles. The first-order valence-electron chi connectivity index (χ1n) is 4.27. The largest absolute Gasteiger partial charge is 0.507 e. The number of benzene rings is 2. The van der Waals surface area contributed by atoms with Gasteiger partial charge in [0.15, 0.2) is 0 Å². The van der Waals surface area contributed by atoms with E-state index in [9.17, 15) is 9.67 Å². The quantitative estimate of drug-likeness (QED) is 0.639. The minimum absolute atomic E-state index is 0.305. The van der Waals surface area contributed by atoms with E-state index in [2.05, 4.69) is 0 Å². The van der Waals surface area contributed by atoms with Gasteiger partial charge in [0.1, 0.15) is 11.1 Å². The minimum Gasteiger partial charge on any atom is -0.507 e. The second-order valence-corrected chi connectivity index (χ2v) is 4.73. The molecule has 0 amide bonds. The highest BCUT2D eigenvalue weighted by Crippen LogP contribution is 2.40. The monoisotopic (exact) mass is 224 g/mol. The summed E-state index contributed by atoms with van der Waals surface area (Å²) >= 11 is 0. The first-order valence-corrected chi connectivity index (χ1v) is 5.88. The van der Waals surface area contributed by atoms with Gasteiger partial charge in [-0.25, -0.2) is 0 Å². The van der Waals surface area contributed by atoms with Gasteiger partial charge in [0, 0.05) is 5.39 Å². The second kappa shape index (κ2) is 3.35. The van der Waals surface area contributed by atoms with E-state index in [1.807, 2.05) is 0 Å². The molecular weight excluding hydrogens is 215 g/mol. The number of hydrogen-bond donors (Lipinski definition) is 3. The summed E-state index contributed by atoms with van der Waals surface area (Å²) in [7, 11) is -4.45. The predicted octanol–water partition coefficient (Wildman–Crippen LogP) is 1.35. The van der Waals surface area contributed by atoms with Gasteiger partial charge in [-0.2, -0.15) is 0 Å². The number of aromatic hydroxyl groups is 1. The minimum atomic E-state index is -4.45. The number of phenols is 1. The predicted molar refractivity (Wildman–Crippen MR) is 57.3 cm³/mol. The van der Waals surface area contributed by atoms with Gasteiger partial charge in [0.05, 0.1) is 0 Å². The van der Waals surface area contributed by atoms with Crippen molar-refractivity contribution in [3.05, 3.63) is 36.4 Å². The van der Waals surface area contributed by atoms with Crippen molar-refractivity contribution in [1.82, 2.24) is 0 Å². The molecule has 0 fully saturated rings. The Bertz CT molecular complexity index is 558. The smallest absolute Gasteiger partial charge is 0.360 e. The van der Waals surface area contributed by atoms with Crippen LogP contribution in [0.3, 0.4) is 0 Å². The van der Waals surface area contributed by atoms with Gasteiger partial charge < -0.3 is 14.9 Å². The van der Waals surface area contributed by atoms with E-state index >= 15 is 0 Å². The van der Waals surface area contributed by atoms with Crippen molar-refractivity contribution < 1.29 is 19.5 Å². The average molecular weight is 224 g/mol. The molecule has 0 saturated carbocycles. The topological polar surface area (TPSA) is 77.8 Å². The molecule has 0 aromatic heterocycles. The van der Waals surface area contributed by atoms with E-state index in [-0.39, 0.29) is 11.1 Å². The Morgan fingerprint density at radius 2 is 1.67 bits per heavy atom. The number of rotatable bonds is 1. The van der Waals surface area contributed by atoms with Crippen LogP contribution >= 0.6 is 7.60 Å².